The van der Waals surface area contributed by atoms with E-state index in [2.05, 4.69) is 46.4 Å². The van der Waals surface area contributed by atoms with Gasteiger partial charge in [-0.15, -0.1) is 0 Å². The topological polar surface area (TPSA) is 15.6 Å². The smallest absolute Gasteiger partial charge is 0.300 e. The van der Waals surface area contributed by atoms with E-state index >= 15 is 0 Å². The monoisotopic (exact) mass is 340 g/mol. The summed E-state index contributed by atoms with van der Waals surface area (Å²) >= 11 is 0. The number of hydrogen-bond acceptors (Lipinski definition) is 1. The Kier molecular flexibility index (Phi) is 14.4. The van der Waals surface area contributed by atoms with E-state index in [1.54, 1.807) is 0 Å². The van der Waals surface area contributed by atoms with E-state index in [9.17, 15) is 0 Å². The van der Waals surface area contributed by atoms with Crippen molar-refractivity contribution in [3.8, 4) is 0 Å². The summed E-state index contributed by atoms with van der Waals surface area (Å²) in [6.07, 6.45) is 10.8. The molecule has 24 heavy (non-hydrogen) atoms. The van der Waals surface area contributed by atoms with Crippen LogP contribution in [0, 0.1) is 0 Å². The van der Waals surface area contributed by atoms with Gasteiger partial charge in [0.05, 0.1) is 19.6 Å². The number of nitrogens with zero attached hydrogens (tertiary/aromatic N) is 3. The third-order valence-electron chi connectivity index (χ3n) is 5.25. The first-order valence-electron chi connectivity index (χ1n) is 10.8. The molecule has 0 aliphatic rings. The van der Waals surface area contributed by atoms with Gasteiger partial charge in [0, 0.05) is 19.6 Å². The Labute approximate surface area is 153 Å². The van der Waals surface area contributed by atoms with Crippen LogP contribution in [0.3, 0.4) is 0 Å². The van der Waals surface area contributed by atoms with Crippen LogP contribution >= 0.6 is 0 Å². The highest BCUT2D eigenvalue weighted by molar-refractivity contribution is 5.73. The highest BCUT2D eigenvalue weighted by Crippen LogP contribution is 2.18. The predicted octanol–water partition coefficient (Wildman–Crippen LogP) is 5.70. The molecule has 0 unspecified atom stereocenters. The van der Waals surface area contributed by atoms with Crippen LogP contribution in [0.5, 0.6) is 0 Å². The van der Waals surface area contributed by atoms with Crippen LogP contribution in [0.2, 0.25) is 0 Å². The maximum atomic E-state index is 5.02. The molecule has 0 saturated carbocycles. The Hall–Kier alpha value is -0.570. The van der Waals surface area contributed by atoms with Crippen molar-refractivity contribution >= 4 is 5.96 Å². The van der Waals surface area contributed by atoms with Gasteiger partial charge in [0.15, 0.2) is 0 Å². The molecular weight excluding hydrogens is 294 g/mol. The molecule has 0 saturated heterocycles. The molecular formula is C21H46N3+. The Balaban J connectivity index is 5.28. The van der Waals surface area contributed by atoms with Crippen molar-refractivity contribution in [2.75, 3.05) is 39.3 Å². The van der Waals surface area contributed by atoms with Gasteiger partial charge >= 0.3 is 0 Å². The molecule has 0 bridgehead atoms. The summed E-state index contributed by atoms with van der Waals surface area (Å²) in [5, 5.41) is 0. The largest absolute Gasteiger partial charge is 0.312 e. The maximum absolute atomic E-state index is 5.02. The minimum atomic E-state index is 0.899. The molecule has 0 spiro atoms. The van der Waals surface area contributed by atoms with Crippen molar-refractivity contribution in [2.45, 2.75) is 92.9 Å². The number of unbranched alkanes of at least 4 members (excludes halogenated alkanes) is 6. The second kappa shape index (κ2) is 14.7. The van der Waals surface area contributed by atoms with Gasteiger partial charge in [-0.3, -0.25) is 4.48 Å². The second-order valence-electron chi connectivity index (χ2n) is 6.98. The number of quaternary nitrogens is 1. The fourth-order valence-electron chi connectivity index (χ4n) is 3.65. The van der Waals surface area contributed by atoms with Crippen molar-refractivity contribution in [2.24, 2.45) is 4.99 Å². The molecule has 3 heteroatoms. The summed E-state index contributed by atoms with van der Waals surface area (Å²) in [4.78, 5) is 7.53. The van der Waals surface area contributed by atoms with Crippen LogP contribution in [-0.2, 0) is 0 Å². The predicted molar refractivity (Wildman–Crippen MR) is 110 cm³/mol. The zero-order valence-electron chi connectivity index (χ0n) is 17.7. The maximum Gasteiger partial charge on any atom is 0.300 e. The van der Waals surface area contributed by atoms with Crippen LogP contribution in [0.15, 0.2) is 4.99 Å². The molecule has 0 aromatic carbocycles. The van der Waals surface area contributed by atoms with Gasteiger partial charge in [-0.2, -0.15) is 0 Å². The molecule has 0 heterocycles. The molecule has 0 aromatic heterocycles. The minimum Gasteiger partial charge on any atom is -0.312 e. The minimum absolute atomic E-state index is 0.899. The van der Waals surface area contributed by atoms with Crippen molar-refractivity contribution in [3.05, 3.63) is 0 Å². The van der Waals surface area contributed by atoms with Gasteiger partial charge in [0.2, 0.25) is 0 Å². The lowest BCUT2D eigenvalue weighted by Crippen LogP contribution is -2.60. The molecule has 0 aliphatic carbocycles. The van der Waals surface area contributed by atoms with Gasteiger partial charge in [0.1, 0.15) is 0 Å². The molecule has 0 fully saturated rings. The average Bonchev–Trinajstić information content (AvgIpc) is 2.61. The van der Waals surface area contributed by atoms with Gasteiger partial charge in [0.25, 0.3) is 5.96 Å². The van der Waals surface area contributed by atoms with E-state index in [-0.39, 0.29) is 0 Å². The lowest BCUT2D eigenvalue weighted by atomic mass is 10.1. The lowest BCUT2D eigenvalue weighted by Gasteiger charge is -2.41. The third-order valence-corrected chi connectivity index (χ3v) is 5.25. The van der Waals surface area contributed by atoms with Crippen molar-refractivity contribution < 1.29 is 4.48 Å². The first kappa shape index (κ1) is 23.4. The van der Waals surface area contributed by atoms with Crippen molar-refractivity contribution in [1.82, 2.24) is 4.90 Å². The van der Waals surface area contributed by atoms with E-state index in [0.717, 1.165) is 24.1 Å². The van der Waals surface area contributed by atoms with Crippen LogP contribution in [0.25, 0.3) is 0 Å². The van der Waals surface area contributed by atoms with Gasteiger partial charge < -0.3 is 4.90 Å². The van der Waals surface area contributed by atoms with Gasteiger partial charge in [-0.25, -0.2) is 4.99 Å². The Bertz CT molecular complexity index is 296. The summed E-state index contributed by atoms with van der Waals surface area (Å²) in [6, 6.07) is 0. The standard InChI is InChI=1S/C21H46N3/c1-7-13-15-17-19-24(12-6,20-18-16-14-8-2)21(22-9-3)23(10-4)11-5/h7-20H2,1-6H3/q+1. The summed E-state index contributed by atoms with van der Waals surface area (Å²) in [5.74, 6) is 1.36. The van der Waals surface area contributed by atoms with Crippen molar-refractivity contribution in [1.29, 1.82) is 0 Å². The fourth-order valence-corrected chi connectivity index (χ4v) is 3.65. The lowest BCUT2D eigenvalue weighted by molar-refractivity contribution is -0.846. The fraction of sp³-hybridized carbons (Fsp3) is 0.952. The van der Waals surface area contributed by atoms with Crippen LogP contribution in [0.4, 0.5) is 0 Å². The molecule has 0 atom stereocenters. The average molecular weight is 341 g/mol. The summed E-state index contributed by atoms with van der Waals surface area (Å²) in [7, 11) is 0. The SMILES string of the molecule is CCCCCC[N+](CC)(CCCCCC)C(=NCC)N(CC)CC. The van der Waals surface area contributed by atoms with E-state index in [1.807, 2.05) is 0 Å². The number of rotatable bonds is 14. The normalized spacial score (nSPS) is 12.7. The third kappa shape index (κ3) is 8.00. The number of hydrogen-bond donors (Lipinski definition) is 0. The number of aliphatic imine (C=N–C) groups is 1. The van der Waals surface area contributed by atoms with Crippen LogP contribution in [0.1, 0.15) is 92.9 Å². The molecule has 144 valence electrons. The Morgan fingerprint density at radius 3 is 1.54 bits per heavy atom. The zero-order chi connectivity index (χ0) is 18.3. The highest BCUT2D eigenvalue weighted by Gasteiger charge is 2.34. The second-order valence-corrected chi connectivity index (χ2v) is 6.98. The van der Waals surface area contributed by atoms with Gasteiger partial charge in [-0.05, 0) is 53.4 Å². The first-order chi connectivity index (χ1) is 11.7. The van der Waals surface area contributed by atoms with E-state index in [1.165, 1.54) is 77.0 Å². The van der Waals surface area contributed by atoms with E-state index in [4.69, 9.17) is 4.99 Å². The first-order valence-corrected chi connectivity index (χ1v) is 10.8. The van der Waals surface area contributed by atoms with E-state index < -0.39 is 0 Å². The van der Waals surface area contributed by atoms with E-state index in [0.29, 0.717) is 0 Å². The van der Waals surface area contributed by atoms with Crippen LogP contribution in [-0.4, -0.2) is 54.6 Å². The van der Waals surface area contributed by atoms with Gasteiger partial charge in [-0.1, -0.05) is 39.5 Å². The van der Waals surface area contributed by atoms with Crippen molar-refractivity contribution in [3.63, 3.8) is 0 Å². The quantitative estimate of drug-likeness (QED) is 0.171. The molecule has 0 rings (SSSR count). The Morgan fingerprint density at radius 1 is 0.708 bits per heavy atom. The molecule has 0 N–H and O–H groups in total. The molecule has 0 aliphatic heterocycles. The summed E-state index contributed by atoms with van der Waals surface area (Å²) in [6.45, 7) is 20.4. The molecule has 0 aromatic rings. The molecule has 0 amide bonds. The Morgan fingerprint density at radius 2 is 1.21 bits per heavy atom. The summed E-state index contributed by atoms with van der Waals surface area (Å²) < 4.78 is 1.10. The molecule has 3 nitrogen and oxygen atoms in total. The molecule has 0 radical (unpaired) electrons. The summed E-state index contributed by atoms with van der Waals surface area (Å²) in [5.41, 5.74) is 0. The van der Waals surface area contributed by atoms with Crippen LogP contribution < -0.4 is 0 Å². The highest BCUT2D eigenvalue weighted by atomic mass is 15.5. The number of guanidine groups is 1. The zero-order valence-corrected chi connectivity index (χ0v) is 17.7.